The van der Waals surface area contributed by atoms with Crippen molar-refractivity contribution in [2.75, 3.05) is 0 Å². The second-order valence-corrected chi connectivity index (χ2v) is 3.33. The molecule has 0 aliphatic heterocycles. The molecule has 0 saturated carbocycles. The first-order valence-electron chi connectivity index (χ1n) is 3.54. The van der Waals surface area contributed by atoms with Gasteiger partial charge in [0.05, 0.1) is 6.04 Å². The van der Waals surface area contributed by atoms with Gasteiger partial charge in [0, 0.05) is 4.88 Å². The van der Waals surface area contributed by atoms with Crippen molar-refractivity contribution in [2.45, 2.75) is 13.0 Å². The van der Waals surface area contributed by atoms with Gasteiger partial charge in [-0.05, 0) is 24.3 Å². The molecule has 0 radical (unpaired) electrons. The zero-order valence-corrected chi connectivity index (χ0v) is 7.52. The van der Waals surface area contributed by atoms with E-state index in [1.807, 2.05) is 30.4 Å². The lowest BCUT2D eigenvalue weighted by Crippen LogP contribution is -2.24. The molecule has 1 amide bonds. The summed E-state index contributed by atoms with van der Waals surface area (Å²) >= 11 is 1.60. The van der Waals surface area contributed by atoms with E-state index in [1.54, 1.807) is 11.3 Å². The van der Waals surface area contributed by atoms with Crippen molar-refractivity contribution in [1.82, 2.24) is 5.32 Å². The first kappa shape index (κ1) is 8.82. The molecule has 0 spiro atoms. The Hall–Kier alpha value is -1.27. The van der Waals surface area contributed by atoms with E-state index in [9.17, 15) is 4.79 Å². The smallest absolute Gasteiger partial charge is 0.296 e. The molecule has 2 nitrogen and oxygen atoms in total. The van der Waals surface area contributed by atoms with E-state index >= 15 is 0 Å². The van der Waals surface area contributed by atoms with Crippen molar-refractivity contribution in [3.63, 3.8) is 0 Å². The molecule has 0 aliphatic rings. The summed E-state index contributed by atoms with van der Waals surface area (Å²) in [6, 6.07) is 3.92. The highest BCUT2D eigenvalue weighted by Gasteiger charge is 2.07. The lowest BCUT2D eigenvalue weighted by Gasteiger charge is -2.08. The zero-order chi connectivity index (χ0) is 8.97. The zero-order valence-electron chi connectivity index (χ0n) is 6.70. The van der Waals surface area contributed by atoms with Gasteiger partial charge in [0.1, 0.15) is 0 Å². The highest BCUT2D eigenvalue weighted by atomic mass is 32.1. The number of hydrogen-bond acceptors (Lipinski definition) is 2. The van der Waals surface area contributed by atoms with Gasteiger partial charge in [-0.15, -0.1) is 17.8 Å². The summed E-state index contributed by atoms with van der Waals surface area (Å²) in [5, 5.41) is 4.63. The summed E-state index contributed by atoms with van der Waals surface area (Å²) in [6.45, 7) is 1.90. The Balaban J connectivity index is 2.57. The third-order valence-corrected chi connectivity index (χ3v) is 2.50. The van der Waals surface area contributed by atoms with E-state index in [0.717, 1.165) is 4.88 Å². The quantitative estimate of drug-likeness (QED) is 0.686. The van der Waals surface area contributed by atoms with Crippen molar-refractivity contribution in [3.8, 4) is 12.3 Å². The van der Waals surface area contributed by atoms with Crippen molar-refractivity contribution < 1.29 is 4.79 Å². The number of hydrogen-bond donors (Lipinski definition) is 1. The number of amides is 1. The molecule has 0 aliphatic carbocycles. The van der Waals surface area contributed by atoms with Crippen LogP contribution in [0, 0.1) is 12.3 Å². The molecule has 1 rings (SSSR count). The maximum atomic E-state index is 10.8. The summed E-state index contributed by atoms with van der Waals surface area (Å²) in [5.41, 5.74) is 0. The van der Waals surface area contributed by atoms with E-state index in [2.05, 4.69) is 5.32 Å². The van der Waals surface area contributed by atoms with Gasteiger partial charge in [0.2, 0.25) is 0 Å². The van der Waals surface area contributed by atoms with Crippen LogP contribution in [0.1, 0.15) is 17.8 Å². The molecule has 1 aromatic heterocycles. The van der Waals surface area contributed by atoms with Gasteiger partial charge >= 0.3 is 0 Å². The van der Waals surface area contributed by atoms with Crippen molar-refractivity contribution in [2.24, 2.45) is 0 Å². The molecule has 1 heterocycles. The first-order valence-corrected chi connectivity index (χ1v) is 4.42. The normalized spacial score (nSPS) is 11.7. The van der Waals surface area contributed by atoms with Crippen molar-refractivity contribution in [3.05, 3.63) is 22.4 Å². The Bertz CT molecular complexity index is 297. The van der Waals surface area contributed by atoms with Gasteiger partial charge in [-0.25, -0.2) is 0 Å². The van der Waals surface area contributed by atoms with Crippen LogP contribution in [0.2, 0.25) is 0 Å². The SMILES string of the molecule is C#CC(=O)N[C@H](C)c1cccs1. The van der Waals surface area contributed by atoms with Crippen LogP contribution in [-0.2, 0) is 4.79 Å². The van der Waals surface area contributed by atoms with Crippen LogP contribution in [0.25, 0.3) is 0 Å². The summed E-state index contributed by atoms with van der Waals surface area (Å²) in [4.78, 5) is 11.9. The molecule has 1 aromatic rings. The minimum Gasteiger partial charge on any atom is -0.338 e. The Morgan fingerprint density at radius 1 is 1.83 bits per heavy atom. The molecule has 0 fully saturated rings. The fourth-order valence-corrected chi connectivity index (χ4v) is 1.58. The standard InChI is InChI=1S/C9H9NOS/c1-3-9(11)10-7(2)8-5-4-6-12-8/h1,4-7H,2H3,(H,10,11)/t7-/m1/s1. The van der Waals surface area contributed by atoms with Crippen LogP contribution in [0.4, 0.5) is 0 Å². The van der Waals surface area contributed by atoms with Gasteiger partial charge in [-0.2, -0.15) is 0 Å². The number of terminal acetylenes is 1. The number of nitrogens with one attached hydrogen (secondary N) is 1. The van der Waals surface area contributed by atoms with E-state index in [4.69, 9.17) is 6.42 Å². The second kappa shape index (κ2) is 3.93. The fraction of sp³-hybridized carbons (Fsp3) is 0.222. The number of thiophene rings is 1. The van der Waals surface area contributed by atoms with Crippen LogP contribution in [0.5, 0.6) is 0 Å². The van der Waals surface area contributed by atoms with Gasteiger partial charge in [-0.3, -0.25) is 4.79 Å². The lowest BCUT2D eigenvalue weighted by molar-refractivity contribution is -0.116. The average Bonchev–Trinajstić information content (AvgIpc) is 2.56. The van der Waals surface area contributed by atoms with Crippen LogP contribution in [0.3, 0.4) is 0 Å². The van der Waals surface area contributed by atoms with Gasteiger partial charge in [-0.1, -0.05) is 6.07 Å². The predicted octanol–water partition coefficient (Wildman–Crippen LogP) is 1.56. The number of rotatable bonds is 2. The van der Waals surface area contributed by atoms with E-state index in [-0.39, 0.29) is 11.9 Å². The number of carbonyl (C=O) groups excluding carboxylic acids is 1. The van der Waals surface area contributed by atoms with Crippen molar-refractivity contribution >= 4 is 17.2 Å². The monoisotopic (exact) mass is 179 g/mol. The molecule has 0 bridgehead atoms. The lowest BCUT2D eigenvalue weighted by atomic mass is 10.3. The predicted molar refractivity (Wildman–Crippen MR) is 49.7 cm³/mol. The maximum Gasteiger partial charge on any atom is 0.296 e. The van der Waals surface area contributed by atoms with Gasteiger partial charge in [0.15, 0.2) is 0 Å². The summed E-state index contributed by atoms with van der Waals surface area (Å²) in [5.74, 6) is 1.65. The highest BCUT2D eigenvalue weighted by molar-refractivity contribution is 7.10. The third kappa shape index (κ3) is 2.11. The molecule has 1 atom stereocenters. The fourth-order valence-electron chi connectivity index (χ4n) is 0.847. The molecule has 12 heavy (non-hydrogen) atoms. The molecule has 0 unspecified atom stereocenters. The Labute approximate surface area is 75.6 Å². The summed E-state index contributed by atoms with van der Waals surface area (Å²) in [7, 11) is 0. The van der Waals surface area contributed by atoms with Crippen LogP contribution in [0.15, 0.2) is 17.5 Å². The van der Waals surface area contributed by atoms with Crippen molar-refractivity contribution in [1.29, 1.82) is 0 Å². The molecule has 0 aromatic carbocycles. The van der Waals surface area contributed by atoms with Gasteiger partial charge < -0.3 is 5.32 Å². The molecule has 0 saturated heterocycles. The third-order valence-electron chi connectivity index (χ3n) is 1.45. The maximum absolute atomic E-state index is 10.8. The minimum absolute atomic E-state index is 0.00792. The minimum atomic E-state index is -0.365. The Morgan fingerprint density at radius 3 is 3.08 bits per heavy atom. The Morgan fingerprint density at radius 2 is 2.58 bits per heavy atom. The first-order chi connectivity index (χ1) is 5.74. The highest BCUT2D eigenvalue weighted by Crippen LogP contribution is 2.17. The Kier molecular flexibility index (Phi) is 2.89. The second-order valence-electron chi connectivity index (χ2n) is 2.35. The van der Waals surface area contributed by atoms with E-state index < -0.39 is 0 Å². The summed E-state index contributed by atoms with van der Waals surface area (Å²) in [6.07, 6.45) is 4.92. The van der Waals surface area contributed by atoms with Crippen LogP contribution in [-0.4, -0.2) is 5.91 Å². The van der Waals surface area contributed by atoms with E-state index in [0.29, 0.717) is 0 Å². The topological polar surface area (TPSA) is 29.1 Å². The largest absolute Gasteiger partial charge is 0.338 e. The number of carbonyl (C=O) groups is 1. The van der Waals surface area contributed by atoms with Crippen LogP contribution >= 0.6 is 11.3 Å². The van der Waals surface area contributed by atoms with Crippen LogP contribution < -0.4 is 5.32 Å². The molecular weight excluding hydrogens is 170 g/mol. The van der Waals surface area contributed by atoms with Gasteiger partial charge in [0.25, 0.3) is 5.91 Å². The summed E-state index contributed by atoms with van der Waals surface area (Å²) < 4.78 is 0. The molecular formula is C9H9NOS. The molecule has 3 heteroatoms. The average molecular weight is 179 g/mol. The van der Waals surface area contributed by atoms with E-state index in [1.165, 1.54) is 0 Å². The molecule has 62 valence electrons. The molecule has 1 N–H and O–H groups in total.